The zero-order valence-electron chi connectivity index (χ0n) is 14.2. The summed E-state index contributed by atoms with van der Waals surface area (Å²) < 4.78 is 17.3. The average molecular weight is 448 g/mol. The lowest BCUT2D eigenvalue weighted by molar-refractivity contribution is 0.0735. The number of para-hydroxylation sites is 1. The molecule has 0 spiro atoms. The smallest absolute Gasteiger partial charge is 0.343 e. The molecule has 0 bridgehead atoms. The van der Waals surface area contributed by atoms with Crippen LogP contribution in [-0.2, 0) is 0 Å². The van der Waals surface area contributed by atoms with Gasteiger partial charge in [-0.1, -0.05) is 45.7 Å². The standard InChI is InChI=1S/C21H16BrClO4/c22-16-8-11-20(19(23)14-16)27-21(24)15-6-9-18(10-7-15)26-13-12-25-17-4-2-1-3-5-17/h1-11,14H,12-13H2. The summed E-state index contributed by atoms with van der Waals surface area (Å²) in [5.41, 5.74) is 0.405. The van der Waals surface area contributed by atoms with Gasteiger partial charge >= 0.3 is 5.97 Å². The molecule has 4 nitrogen and oxygen atoms in total. The SMILES string of the molecule is O=C(Oc1ccc(Br)cc1Cl)c1ccc(OCCOc2ccccc2)cc1. The number of rotatable bonds is 7. The predicted molar refractivity (Wildman–Crippen MR) is 108 cm³/mol. The van der Waals surface area contributed by atoms with Gasteiger partial charge in [-0.15, -0.1) is 0 Å². The minimum absolute atomic E-state index is 0.309. The Bertz CT molecular complexity index is 898. The summed E-state index contributed by atoms with van der Waals surface area (Å²) in [6, 6.07) is 21.3. The van der Waals surface area contributed by atoms with Gasteiger partial charge in [0.15, 0.2) is 0 Å². The van der Waals surface area contributed by atoms with Gasteiger partial charge in [0.1, 0.15) is 30.5 Å². The van der Waals surface area contributed by atoms with Crippen molar-refractivity contribution in [1.29, 1.82) is 0 Å². The molecule has 0 aromatic heterocycles. The van der Waals surface area contributed by atoms with Crippen molar-refractivity contribution in [3.8, 4) is 17.2 Å². The molecular formula is C21H16BrClO4. The Morgan fingerprint density at radius 2 is 1.48 bits per heavy atom. The number of esters is 1. The molecule has 0 fully saturated rings. The monoisotopic (exact) mass is 446 g/mol. The van der Waals surface area contributed by atoms with Crippen LogP contribution >= 0.6 is 27.5 Å². The highest BCUT2D eigenvalue weighted by Crippen LogP contribution is 2.28. The molecule has 3 rings (SSSR count). The van der Waals surface area contributed by atoms with Crippen molar-refractivity contribution in [2.75, 3.05) is 13.2 Å². The lowest BCUT2D eigenvalue weighted by atomic mass is 10.2. The molecule has 6 heteroatoms. The van der Waals surface area contributed by atoms with Crippen molar-refractivity contribution in [3.05, 3.63) is 87.9 Å². The normalized spacial score (nSPS) is 10.3. The molecule has 3 aromatic rings. The van der Waals surface area contributed by atoms with E-state index in [-0.39, 0.29) is 0 Å². The second kappa shape index (κ2) is 9.44. The van der Waals surface area contributed by atoms with E-state index in [4.69, 9.17) is 25.8 Å². The van der Waals surface area contributed by atoms with Gasteiger partial charge in [-0.05, 0) is 54.6 Å². The van der Waals surface area contributed by atoms with Crippen LogP contribution in [0.3, 0.4) is 0 Å². The van der Waals surface area contributed by atoms with E-state index in [0.29, 0.717) is 35.3 Å². The van der Waals surface area contributed by atoms with Gasteiger partial charge < -0.3 is 14.2 Å². The molecule has 3 aromatic carbocycles. The van der Waals surface area contributed by atoms with E-state index in [1.807, 2.05) is 30.3 Å². The minimum atomic E-state index is -0.488. The molecule has 0 amide bonds. The van der Waals surface area contributed by atoms with Crippen LogP contribution in [0, 0.1) is 0 Å². The third kappa shape index (κ3) is 5.74. The summed E-state index contributed by atoms with van der Waals surface area (Å²) in [7, 11) is 0. The Hall–Kier alpha value is -2.50. The number of hydrogen-bond acceptors (Lipinski definition) is 4. The summed E-state index contributed by atoms with van der Waals surface area (Å²) in [5.74, 6) is 1.26. The van der Waals surface area contributed by atoms with Crippen molar-refractivity contribution in [3.63, 3.8) is 0 Å². The fraction of sp³-hybridized carbons (Fsp3) is 0.0952. The first-order chi connectivity index (χ1) is 13.1. The van der Waals surface area contributed by atoms with Crippen LogP contribution in [0.1, 0.15) is 10.4 Å². The number of halogens is 2. The van der Waals surface area contributed by atoms with Gasteiger partial charge in [0.25, 0.3) is 0 Å². The Morgan fingerprint density at radius 3 is 2.11 bits per heavy atom. The van der Waals surface area contributed by atoms with E-state index in [1.54, 1.807) is 42.5 Å². The zero-order chi connectivity index (χ0) is 19.1. The second-order valence-electron chi connectivity index (χ2n) is 5.50. The summed E-state index contributed by atoms with van der Waals surface area (Å²) >= 11 is 9.37. The van der Waals surface area contributed by atoms with Gasteiger partial charge in [-0.25, -0.2) is 4.79 Å². The first-order valence-electron chi connectivity index (χ1n) is 8.20. The molecule has 0 unspecified atom stereocenters. The molecule has 0 heterocycles. The fourth-order valence-electron chi connectivity index (χ4n) is 2.24. The van der Waals surface area contributed by atoms with E-state index >= 15 is 0 Å². The molecule has 0 aliphatic heterocycles. The molecule has 0 N–H and O–H groups in total. The zero-order valence-corrected chi connectivity index (χ0v) is 16.6. The maximum Gasteiger partial charge on any atom is 0.343 e. The molecular weight excluding hydrogens is 432 g/mol. The fourth-order valence-corrected chi connectivity index (χ4v) is 2.95. The van der Waals surface area contributed by atoms with Crippen LogP contribution in [0.25, 0.3) is 0 Å². The number of benzene rings is 3. The van der Waals surface area contributed by atoms with Gasteiger partial charge in [-0.3, -0.25) is 0 Å². The Kier molecular flexibility index (Phi) is 6.74. The lowest BCUT2D eigenvalue weighted by Crippen LogP contribution is -2.10. The largest absolute Gasteiger partial charge is 0.490 e. The van der Waals surface area contributed by atoms with Crippen molar-refractivity contribution >= 4 is 33.5 Å². The topological polar surface area (TPSA) is 44.8 Å². The minimum Gasteiger partial charge on any atom is -0.490 e. The number of carbonyl (C=O) groups is 1. The highest BCUT2D eigenvalue weighted by molar-refractivity contribution is 9.10. The number of ether oxygens (including phenoxy) is 3. The van der Waals surface area contributed by atoms with Crippen LogP contribution in [0.2, 0.25) is 5.02 Å². The molecule has 0 aliphatic carbocycles. The first-order valence-corrected chi connectivity index (χ1v) is 9.37. The van der Waals surface area contributed by atoms with Crippen LogP contribution in [-0.4, -0.2) is 19.2 Å². The molecule has 0 radical (unpaired) electrons. The molecule has 0 saturated carbocycles. The summed E-state index contributed by atoms with van der Waals surface area (Å²) in [5, 5.41) is 0.357. The van der Waals surface area contributed by atoms with Crippen molar-refractivity contribution in [2.24, 2.45) is 0 Å². The first kappa shape index (κ1) is 19.3. The van der Waals surface area contributed by atoms with Gasteiger partial charge in [0, 0.05) is 4.47 Å². The van der Waals surface area contributed by atoms with E-state index in [0.717, 1.165) is 10.2 Å². The van der Waals surface area contributed by atoms with E-state index in [9.17, 15) is 4.79 Å². The molecule has 0 aliphatic rings. The van der Waals surface area contributed by atoms with E-state index in [1.165, 1.54) is 0 Å². The Balaban J connectivity index is 1.49. The predicted octanol–water partition coefficient (Wildman–Crippen LogP) is 5.78. The van der Waals surface area contributed by atoms with Crippen molar-refractivity contribution in [2.45, 2.75) is 0 Å². The molecule has 138 valence electrons. The van der Waals surface area contributed by atoms with Crippen LogP contribution < -0.4 is 14.2 Å². The van der Waals surface area contributed by atoms with Gasteiger partial charge in [0.2, 0.25) is 0 Å². The highest BCUT2D eigenvalue weighted by Gasteiger charge is 2.11. The summed E-state index contributed by atoms with van der Waals surface area (Å²) in [6.45, 7) is 0.822. The van der Waals surface area contributed by atoms with Crippen LogP contribution in [0.15, 0.2) is 77.3 Å². The lowest BCUT2D eigenvalue weighted by Gasteiger charge is -2.09. The maximum atomic E-state index is 12.2. The van der Waals surface area contributed by atoms with E-state index in [2.05, 4.69) is 15.9 Å². The maximum absolute atomic E-state index is 12.2. The quantitative estimate of drug-likeness (QED) is 0.262. The highest BCUT2D eigenvalue weighted by atomic mass is 79.9. The summed E-state index contributed by atoms with van der Waals surface area (Å²) in [6.07, 6.45) is 0. The number of hydrogen-bond donors (Lipinski definition) is 0. The van der Waals surface area contributed by atoms with Crippen molar-refractivity contribution < 1.29 is 19.0 Å². The third-order valence-electron chi connectivity index (χ3n) is 3.55. The van der Waals surface area contributed by atoms with E-state index < -0.39 is 5.97 Å². The second-order valence-corrected chi connectivity index (χ2v) is 6.82. The number of carbonyl (C=O) groups excluding carboxylic acids is 1. The molecule has 0 atom stereocenters. The van der Waals surface area contributed by atoms with Gasteiger partial charge in [-0.2, -0.15) is 0 Å². The molecule has 0 saturated heterocycles. The summed E-state index contributed by atoms with van der Waals surface area (Å²) in [4.78, 5) is 12.2. The molecule has 27 heavy (non-hydrogen) atoms. The Morgan fingerprint density at radius 1 is 0.852 bits per heavy atom. The van der Waals surface area contributed by atoms with Crippen LogP contribution in [0.4, 0.5) is 0 Å². The van der Waals surface area contributed by atoms with Gasteiger partial charge in [0.05, 0.1) is 10.6 Å². The van der Waals surface area contributed by atoms with Crippen molar-refractivity contribution in [1.82, 2.24) is 0 Å². The third-order valence-corrected chi connectivity index (χ3v) is 4.34. The van der Waals surface area contributed by atoms with Crippen LogP contribution in [0.5, 0.6) is 17.2 Å². The Labute approximate surface area is 170 Å². The average Bonchev–Trinajstić information content (AvgIpc) is 2.69.